The molecule has 0 aliphatic carbocycles. The molecule has 1 rings (SSSR count). The van der Waals surface area contributed by atoms with Gasteiger partial charge in [-0.2, -0.15) is 0 Å². The smallest absolute Gasteiger partial charge is 0.0722 e. The average Bonchev–Trinajstić information content (AvgIpc) is 2.33. The number of nitrogens with one attached hydrogen (secondary N) is 1. The van der Waals surface area contributed by atoms with Crippen LogP contribution in [0.1, 0.15) is 52.4 Å². The van der Waals surface area contributed by atoms with E-state index in [1.165, 1.54) is 32.1 Å². The van der Waals surface area contributed by atoms with Gasteiger partial charge in [0.1, 0.15) is 0 Å². The molecule has 1 aromatic carbocycles. The molecule has 0 amide bonds. The van der Waals surface area contributed by atoms with Crippen molar-refractivity contribution in [2.45, 2.75) is 58.4 Å². The Hall–Kier alpha value is -0.110. The SMILES string of the molecule is CCCCCCCC(C)Nc1c(Cl)cc(Cl)cc1Cl. The monoisotopic (exact) mass is 321 g/mol. The molecule has 0 saturated carbocycles. The molecule has 1 atom stereocenters. The zero-order valence-corrected chi connectivity index (χ0v) is 13.9. The summed E-state index contributed by atoms with van der Waals surface area (Å²) in [6.07, 6.45) is 7.59. The lowest BCUT2D eigenvalue weighted by molar-refractivity contribution is 0.578. The zero-order valence-electron chi connectivity index (χ0n) is 11.6. The summed E-state index contributed by atoms with van der Waals surface area (Å²) in [5, 5.41) is 5.09. The first-order chi connectivity index (χ1) is 9.04. The predicted octanol–water partition coefficient (Wildman–Crippen LogP) is 6.81. The van der Waals surface area contributed by atoms with Crippen LogP contribution in [-0.4, -0.2) is 6.04 Å². The quantitative estimate of drug-likeness (QED) is 0.518. The Bertz CT molecular complexity index is 370. The van der Waals surface area contributed by atoms with Crippen LogP contribution in [0.5, 0.6) is 0 Å². The van der Waals surface area contributed by atoms with Crippen molar-refractivity contribution in [2.75, 3.05) is 5.32 Å². The maximum atomic E-state index is 6.15. The summed E-state index contributed by atoms with van der Waals surface area (Å²) in [4.78, 5) is 0. The number of hydrogen-bond donors (Lipinski definition) is 1. The summed E-state index contributed by atoms with van der Waals surface area (Å²) in [6.45, 7) is 4.38. The van der Waals surface area contributed by atoms with Crippen LogP contribution in [0, 0.1) is 0 Å². The maximum absolute atomic E-state index is 6.15. The molecule has 19 heavy (non-hydrogen) atoms. The van der Waals surface area contributed by atoms with Crippen LogP contribution in [0.15, 0.2) is 12.1 Å². The van der Waals surface area contributed by atoms with Crippen molar-refractivity contribution >= 4 is 40.5 Å². The number of halogens is 3. The molecule has 0 saturated heterocycles. The Balaban J connectivity index is 2.42. The van der Waals surface area contributed by atoms with Gasteiger partial charge in [0.2, 0.25) is 0 Å². The van der Waals surface area contributed by atoms with Crippen molar-refractivity contribution in [2.24, 2.45) is 0 Å². The molecule has 0 fully saturated rings. The van der Waals surface area contributed by atoms with Crippen LogP contribution in [-0.2, 0) is 0 Å². The van der Waals surface area contributed by atoms with Gasteiger partial charge in [0, 0.05) is 11.1 Å². The molecule has 0 bridgehead atoms. The lowest BCUT2D eigenvalue weighted by Gasteiger charge is -2.17. The topological polar surface area (TPSA) is 12.0 Å². The second-order valence-electron chi connectivity index (χ2n) is 4.99. The van der Waals surface area contributed by atoms with E-state index in [0.717, 1.165) is 12.1 Å². The molecule has 4 heteroatoms. The third-order valence-corrected chi connectivity index (χ3v) is 3.95. The molecule has 0 aliphatic heterocycles. The highest BCUT2D eigenvalue weighted by atomic mass is 35.5. The highest BCUT2D eigenvalue weighted by Crippen LogP contribution is 2.34. The maximum Gasteiger partial charge on any atom is 0.0722 e. The Kier molecular flexibility index (Phi) is 7.97. The molecular formula is C15H22Cl3N. The largest absolute Gasteiger partial charge is 0.380 e. The zero-order chi connectivity index (χ0) is 14.3. The standard InChI is InChI=1S/C15H22Cl3N/c1-3-4-5-6-7-8-11(2)19-15-13(17)9-12(16)10-14(15)18/h9-11,19H,3-8H2,1-2H3. The minimum atomic E-state index is 0.359. The Labute approximate surface area is 131 Å². The van der Waals surface area contributed by atoms with Crippen molar-refractivity contribution in [3.8, 4) is 0 Å². The third kappa shape index (κ3) is 6.25. The molecule has 1 aromatic rings. The van der Waals surface area contributed by atoms with E-state index in [-0.39, 0.29) is 0 Å². The van der Waals surface area contributed by atoms with Gasteiger partial charge in [0.25, 0.3) is 0 Å². The van der Waals surface area contributed by atoms with Crippen molar-refractivity contribution in [1.82, 2.24) is 0 Å². The average molecular weight is 323 g/mol. The van der Waals surface area contributed by atoms with Crippen LogP contribution >= 0.6 is 34.8 Å². The van der Waals surface area contributed by atoms with Crippen molar-refractivity contribution < 1.29 is 0 Å². The van der Waals surface area contributed by atoms with Crippen molar-refractivity contribution in [1.29, 1.82) is 0 Å². The van der Waals surface area contributed by atoms with Crippen LogP contribution in [0.25, 0.3) is 0 Å². The van der Waals surface area contributed by atoms with E-state index in [2.05, 4.69) is 19.2 Å². The molecule has 0 heterocycles. The second kappa shape index (κ2) is 8.94. The van der Waals surface area contributed by atoms with Gasteiger partial charge in [0.15, 0.2) is 0 Å². The number of benzene rings is 1. The molecule has 0 aromatic heterocycles. The van der Waals surface area contributed by atoms with E-state index in [9.17, 15) is 0 Å². The van der Waals surface area contributed by atoms with Gasteiger partial charge >= 0.3 is 0 Å². The van der Waals surface area contributed by atoms with Crippen molar-refractivity contribution in [3.63, 3.8) is 0 Å². The van der Waals surface area contributed by atoms with E-state index in [1.807, 2.05) is 0 Å². The molecule has 1 N–H and O–H groups in total. The third-order valence-electron chi connectivity index (χ3n) is 3.14. The molecule has 0 aliphatic rings. The van der Waals surface area contributed by atoms with E-state index < -0.39 is 0 Å². The first-order valence-electron chi connectivity index (χ1n) is 6.95. The number of anilines is 1. The lowest BCUT2D eigenvalue weighted by Crippen LogP contribution is -2.15. The van der Waals surface area contributed by atoms with E-state index in [4.69, 9.17) is 34.8 Å². The molecule has 1 nitrogen and oxygen atoms in total. The minimum Gasteiger partial charge on any atom is -0.380 e. The summed E-state index contributed by atoms with van der Waals surface area (Å²) < 4.78 is 0. The van der Waals surface area contributed by atoms with Crippen LogP contribution in [0.3, 0.4) is 0 Å². The fraction of sp³-hybridized carbons (Fsp3) is 0.600. The van der Waals surface area contributed by atoms with Gasteiger partial charge in [-0.15, -0.1) is 0 Å². The summed E-state index contributed by atoms with van der Waals surface area (Å²) in [5.41, 5.74) is 0.786. The summed E-state index contributed by atoms with van der Waals surface area (Å²) in [7, 11) is 0. The lowest BCUT2D eigenvalue weighted by atomic mass is 10.1. The molecule has 108 valence electrons. The van der Waals surface area contributed by atoms with E-state index >= 15 is 0 Å². The van der Waals surface area contributed by atoms with Gasteiger partial charge in [-0.1, -0.05) is 73.8 Å². The second-order valence-corrected chi connectivity index (χ2v) is 6.24. The molecule has 0 spiro atoms. The first-order valence-corrected chi connectivity index (χ1v) is 8.09. The van der Waals surface area contributed by atoms with Crippen LogP contribution in [0.4, 0.5) is 5.69 Å². The highest BCUT2D eigenvalue weighted by molar-refractivity contribution is 6.41. The number of rotatable bonds is 8. The van der Waals surface area contributed by atoms with Gasteiger partial charge in [-0.3, -0.25) is 0 Å². The number of unbranched alkanes of at least 4 members (excludes halogenated alkanes) is 4. The highest BCUT2D eigenvalue weighted by Gasteiger charge is 2.10. The van der Waals surface area contributed by atoms with Gasteiger partial charge in [-0.05, 0) is 25.5 Å². The fourth-order valence-electron chi connectivity index (χ4n) is 2.05. The summed E-state index contributed by atoms with van der Waals surface area (Å²) in [6, 6.07) is 3.79. The Morgan fingerprint density at radius 3 is 2.16 bits per heavy atom. The normalized spacial score (nSPS) is 12.5. The Morgan fingerprint density at radius 2 is 1.58 bits per heavy atom. The minimum absolute atomic E-state index is 0.359. The number of hydrogen-bond acceptors (Lipinski definition) is 1. The predicted molar refractivity (Wildman–Crippen MR) is 87.9 cm³/mol. The first kappa shape index (κ1) is 16.9. The van der Waals surface area contributed by atoms with Crippen molar-refractivity contribution in [3.05, 3.63) is 27.2 Å². The van der Waals surface area contributed by atoms with Gasteiger partial charge < -0.3 is 5.32 Å². The van der Waals surface area contributed by atoms with Gasteiger partial charge in [0.05, 0.1) is 15.7 Å². The fourth-order valence-corrected chi connectivity index (χ4v) is 2.98. The van der Waals surface area contributed by atoms with Crippen LogP contribution in [0.2, 0.25) is 15.1 Å². The molecule has 1 unspecified atom stereocenters. The summed E-state index contributed by atoms with van der Waals surface area (Å²) >= 11 is 18.2. The van der Waals surface area contributed by atoms with E-state index in [0.29, 0.717) is 21.1 Å². The van der Waals surface area contributed by atoms with E-state index in [1.54, 1.807) is 12.1 Å². The van der Waals surface area contributed by atoms with Gasteiger partial charge in [-0.25, -0.2) is 0 Å². The summed E-state index contributed by atoms with van der Waals surface area (Å²) in [5.74, 6) is 0. The molecule has 0 radical (unpaired) electrons. The Morgan fingerprint density at radius 1 is 1.00 bits per heavy atom. The molecular weight excluding hydrogens is 301 g/mol. The van der Waals surface area contributed by atoms with Crippen LogP contribution < -0.4 is 5.32 Å².